The van der Waals surface area contributed by atoms with Crippen molar-refractivity contribution in [2.75, 3.05) is 19.4 Å². The first kappa shape index (κ1) is 19.3. The van der Waals surface area contributed by atoms with Gasteiger partial charge in [0.05, 0.1) is 10.6 Å². The first-order valence-electron chi connectivity index (χ1n) is 7.71. The van der Waals surface area contributed by atoms with Gasteiger partial charge in [-0.25, -0.2) is 0 Å². The molecule has 23 heavy (non-hydrogen) atoms. The van der Waals surface area contributed by atoms with Gasteiger partial charge >= 0.3 is 0 Å². The number of nitrogens with zero attached hydrogens (tertiary/aromatic N) is 1. The number of carbonyl (C=O) groups excluding carboxylic acids is 2. The Morgan fingerprint density at radius 3 is 2.26 bits per heavy atom. The van der Waals surface area contributed by atoms with E-state index in [1.807, 2.05) is 6.07 Å². The summed E-state index contributed by atoms with van der Waals surface area (Å²) in [5.41, 5.74) is 1.18. The summed E-state index contributed by atoms with van der Waals surface area (Å²) in [6.07, 6.45) is 0. The summed E-state index contributed by atoms with van der Waals surface area (Å²) in [6, 6.07) is 4.89. The summed E-state index contributed by atoms with van der Waals surface area (Å²) in [5.74, 6) is -0.0728. The van der Waals surface area contributed by atoms with E-state index in [4.69, 9.17) is 11.6 Å². The van der Waals surface area contributed by atoms with Crippen molar-refractivity contribution in [1.82, 2.24) is 10.2 Å². The van der Waals surface area contributed by atoms with Crippen LogP contribution in [0.5, 0.6) is 0 Å². The van der Waals surface area contributed by atoms with Gasteiger partial charge in [0, 0.05) is 25.8 Å². The fraction of sp³-hybridized carbons (Fsp3) is 0.529. The molecule has 0 aliphatic rings. The predicted molar refractivity (Wildman–Crippen MR) is 95.0 cm³/mol. The number of anilines is 1. The van der Waals surface area contributed by atoms with Crippen molar-refractivity contribution < 1.29 is 9.59 Å². The molecular weight excluding hydrogens is 314 g/mol. The molecule has 0 saturated heterocycles. The van der Waals surface area contributed by atoms with Crippen molar-refractivity contribution in [2.24, 2.45) is 5.92 Å². The summed E-state index contributed by atoms with van der Waals surface area (Å²) >= 11 is 6.13. The molecule has 2 amide bonds. The lowest BCUT2D eigenvalue weighted by molar-refractivity contribution is -0.130. The average Bonchev–Trinajstić information content (AvgIpc) is 2.47. The lowest BCUT2D eigenvalue weighted by Crippen LogP contribution is -2.44. The minimum Gasteiger partial charge on any atom is -0.382 e. The molecule has 0 radical (unpaired) electrons. The molecular formula is C17H26ClN3O2. The molecule has 1 aromatic carbocycles. The minimum atomic E-state index is -0.611. The second-order valence-corrected chi connectivity index (χ2v) is 6.71. The van der Waals surface area contributed by atoms with Gasteiger partial charge < -0.3 is 15.5 Å². The van der Waals surface area contributed by atoms with Crippen LogP contribution in [0, 0.1) is 5.92 Å². The fourth-order valence-corrected chi connectivity index (χ4v) is 2.15. The Kier molecular flexibility index (Phi) is 6.88. The van der Waals surface area contributed by atoms with E-state index in [1.54, 1.807) is 33.2 Å². The summed E-state index contributed by atoms with van der Waals surface area (Å²) < 4.78 is 0. The van der Waals surface area contributed by atoms with E-state index in [2.05, 4.69) is 31.4 Å². The molecule has 5 nitrogen and oxygen atoms in total. The number of amides is 2. The Bertz CT molecular complexity index is 573. The monoisotopic (exact) mass is 339 g/mol. The molecule has 6 heteroatoms. The SMILES string of the molecule is CC(C)[C@H](C)Nc1ccc(Cl)c(C(=O)N[C@@H](C)C(=O)N(C)C)c1. The van der Waals surface area contributed by atoms with Gasteiger partial charge in [-0.3, -0.25) is 9.59 Å². The third kappa shape index (κ3) is 5.43. The third-order valence-electron chi connectivity index (χ3n) is 3.76. The summed E-state index contributed by atoms with van der Waals surface area (Å²) in [4.78, 5) is 25.7. The van der Waals surface area contributed by atoms with Gasteiger partial charge in [0.2, 0.25) is 5.91 Å². The quantitative estimate of drug-likeness (QED) is 0.837. The maximum atomic E-state index is 12.4. The van der Waals surface area contributed by atoms with Crippen molar-refractivity contribution in [2.45, 2.75) is 39.8 Å². The molecule has 0 bridgehead atoms. The normalized spacial score (nSPS) is 13.4. The Labute approximate surface area is 143 Å². The van der Waals surface area contributed by atoms with Crippen molar-refractivity contribution in [3.8, 4) is 0 Å². The van der Waals surface area contributed by atoms with Gasteiger partial charge in [0.15, 0.2) is 0 Å². The largest absolute Gasteiger partial charge is 0.382 e. The van der Waals surface area contributed by atoms with E-state index in [0.717, 1.165) is 5.69 Å². The minimum absolute atomic E-state index is 0.169. The maximum Gasteiger partial charge on any atom is 0.253 e. The average molecular weight is 340 g/mol. The number of hydrogen-bond donors (Lipinski definition) is 2. The van der Waals surface area contributed by atoms with E-state index < -0.39 is 6.04 Å². The molecule has 0 aliphatic heterocycles. The first-order chi connectivity index (χ1) is 10.6. The zero-order valence-electron chi connectivity index (χ0n) is 14.6. The highest BCUT2D eigenvalue weighted by molar-refractivity contribution is 6.34. The number of benzene rings is 1. The smallest absolute Gasteiger partial charge is 0.253 e. The Balaban J connectivity index is 2.90. The summed E-state index contributed by atoms with van der Waals surface area (Å²) in [6.45, 7) is 7.97. The van der Waals surface area contributed by atoms with Crippen LogP contribution in [0.3, 0.4) is 0 Å². The Morgan fingerprint density at radius 1 is 1.13 bits per heavy atom. The summed E-state index contributed by atoms with van der Waals surface area (Å²) in [7, 11) is 3.30. The van der Waals surface area contributed by atoms with Crippen LogP contribution in [-0.2, 0) is 4.79 Å². The molecule has 0 fully saturated rings. The van der Waals surface area contributed by atoms with Crippen LogP contribution in [-0.4, -0.2) is 42.9 Å². The fourth-order valence-electron chi connectivity index (χ4n) is 1.94. The van der Waals surface area contributed by atoms with Crippen LogP contribution in [0.2, 0.25) is 5.02 Å². The predicted octanol–water partition coefficient (Wildman–Crippen LogP) is 3.00. The molecule has 0 spiro atoms. The van der Waals surface area contributed by atoms with Crippen LogP contribution in [0.15, 0.2) is 18.2 Å². The number of rotatable bonds is 6. The lowest BCUT2D eigenvalue weighted by Gasteiger charge is -2.20. The number of nitrogens with one attached hydrogen (secondary N) is 2. The highest BCUT2D eigenvalue weighted by atomic mass is 35.5. The number of carbonyl (C=O) groups is 2. The third-order valence-corrected chi connectivity index (χ3v) is 4.09. The van der Waals surface area contributed by atoms with Crippen molar-refractivity contribution in [3.63, 3.8) is 0 Å². The van der Waals surface area contributed by atoms with Crippen LogP contribution in [0.25, 0.3) is 0 Å². The topological polar surface area (TPSA) is 61.4 Å². The number of halogens is 1. The van der Waals surface area contributed by atoms with Crippen LogP contribution in [0.1, 0.15) is 38.1 Å². The van der Waals surface area contributed by atoms with Gasteiger partial charge in [0.1, 0.15) is 6.04 Å². The maximum absolute atomic E-state index is 12.4. The van der Waals surface area contributed by atoms with E-state index in [0.29, 0.717) is 16.5 Å². The molecule has 0 aliphatic carbocycles. The van der Waals surface area contributed by atoms with Crippen molar-refractivity contribution >= 4 is 29.1 Å². The van der Waals surface area contributed by atoms with Crippen LogP contribution >= 0.6 is 11.6 Å². The lowest BCUT2D eigenvalue weighted by atomic mass is 10.1. The molecule has 2 N–H and O–H groups in total. The van der Waals surface area contributed by atoms with Gasteiger partial charge in [-0.15, -0.1) is 0 Å². The van der Waals surface area contributed by atoms with E-state index >= 15 is 0 Å². The van der Waals surface area contributed by atoms with Crippen molar-refractivity contribution in [1.29, 1.82) is 0 Å². The summed E-state index contributed by atoms with van der Waals surface area (Å²) in [5, 5.41) is 6.38. The van der Waals surface area contributed by atoms with Gasteiger partial charge in [-0.1, -0.05) is 25.4 Å². The van der Waals surface area contributed by atoms with E-state index in [9.17, 15) is 9.59 Å². The molecule has 128 valence electrons. The van der Waals surface area contributed by atoms with Crippen LogP contribution < -0.4 is 10.6 Å². The molecule has 2 atom stereocenters. The van der Waals surface area contributed by atoms with E-state index in [-0.39, 0.29) is 17.9 Å². The highest BCUT2D eigenvalue weighted by Crippen LogP contribution is 2.22. The second kappa shape index (κ2) is 8.20. The van der Waals surface area contributed by atoms with E-state index in [1.165, 1.54) is 4.90 Å². The molecule has 0 saturated carbocycles. The van der Waals surface area contributed by atoms with Gasteiger partial charge in [-0.2, -0.15) is 0 Å². The standard InChI is InChI=1S/C17H26ClN3O2/c1-10(2)11(3)19-13-7-8-15(18)14(9-13)16(22)20-12(4)17(23)21(5)6/h7-12,19H,1-6H3,(H,20,22)/t11-,12-/m0/s1. The van der Waals surface area contributed by atoms with Crippen LogP contribution in [0.4, 0.5) is 5.69 Å². The number of likely N-dealkylation sites (N-methyl/N-ethyl adjacent to an activating group) is 1. The van der Waals surface area contributed by atoms with Crippen molar-refractivity contribution in [3.05, 3.63) is 28.8 Å². The zero-order chi connectivity index (χ0) is 17.7. The Hall–Kier alpha value is -1.75. The zero-order valence-corrected chi connectivity index (χ0v) is 15.4. The molecule has 0 unspecified atom stereocenters. The highest BCUT2D eigenvalue weighted by Gasteiger charge is 2.20. The molecule has 0 heterocycles. The Morgan fingerprint density at radius 2 is 1.74 bits per heavy atom. The van der Waals surface area contributed by atoms with Gasteiger partial charge in [0.25, 0.3) is 5.91 Å². The number of hydrogen-bond acceptors (Lipinski definition) is 3. The molecule has 0 aromatic heterocycles. The molecule has 1 rings (SSSR count). The van der Waals surface area contributed by atoms with Gasteiger partial charge in [-0.05, 0) is 38.0 Å². The molecule has 1 aromatic rings. The second-order valence-electron chi connectivity index (χ2n) is 6.30. The first-order valence-corrected chi connectivity index (χ1v) is 8.09.